The van der Waals surface area contributed by atoms with Crippen molar-refractivity contribution in [3.63, 3.8) is 0 Å². The Kier molecular flexibility index (Phi) is 18.8. The molecular weight excluding hydrogens is 395 g/mol. The Morgan fingerprint density at radius 2 is 1.45 bits per heavy atom. The quantitative estimate of drug-likeness (QED) is 0.139. The zero-order valence-corrected chi connectivity index (χ0v) is 18.9. The fourth-order valence-corrected chi connectivity index (χ4v) is 3.54. The molecule has 1 unspecified atom stereocenters. The van der Waals surface area contributed by atoms with Crippen LogP contribution in [-0.2, 0) is 18.4 Å². The molecule has 0 aliphatic rings. The first kappa shape index (κ1) is 28.3. The third-order valence-corrected chi connectivity index (χ3v) is 5.41. The number of aliphatic hydroxyl groups is 2. The van der Waals surface area contributed by atoms with Crippen LogP contribution >= 0.6 is 7.82 Å². The molecule has 0 heterocycles. The Morgan fingerprint density at radius 1 is 0.931 bits per heavy atom. The number of carbonyl (C=O) groups excluding carboxylic acids is 1. The van der Waals surface area contributed by atoms with E-state index in [1.54, 1.807) is 0 Å². The number of phosphoric ester groups is 1. The van der Waals surface area contributed by atoms with E-state index in [1.165, 1.54) is 44.9 Å². The van der Waals surface area contributed by atoms with Gasteiger partial charge in [0.1, 0.15) is 6.10 Å². The lowest BCUT2D eigenvalue weighted by molar-refractivity contribution is -0.136. The lowest BCUT2D eigenvalue weighted by atomic mass is 10.1. The van der Waals surface area contributed by atoms with Crippen molar-refractivity contribution in [2.24, 2.45) is 0 Å². The molecule has 3 N–H and O–H groups in total. The largest absolute Gasteiger partial charge is 0.529 e. The van der Waals surface area contributed by atoms with Crippen LogP contribution in [-0.4, -0.2) is 40.4 Å². The number of hydrogen-bond acceptors (Lipinski definition) is 6. The van der Waals surface area contributed by atoms with E-state index < -0.39 is 33.1 Å². The Balaban J connectivity index is 3.50. The van der Waals surface area contributed by atoms with Gasteiger partial charge in [0.2, 0.25) is 0 Å². The molecule has 2 atom stereocenters. The molecule has 0 saturated heterocycles. The molecule has 29 heavy (non-hydrogen) atoms. The average Bonchev–Trinajstić information content (AvgIpc) is 2.68. The third-order valence-electron chi connectivity index (χ3n) is 4.50. The summed E-state index contributed by atoms with van der Waals surface area (Å²) in [7, 11) is -4.53. The highest BCUT2D eigenvalue weighted by Crippen LogP contribution is 2.43. The number of carbonyl (C=O) groups is 1. The van der Waals surface area contributed by atoms with Gasteiger partial charge < -0.3 is 14.7 Å². The fourth-order valence-electron chi connectivity index (χ4n) is 2.77. The van der Waals surface area contributed by atoms with Gasteiger partial charge in [0.25, 0.3) is 0 Å². The van der Waals surface area contributed by atoms with E-state index in [1.807, 2.05) is 0 Å². The molecule has 0 aliphatic heterocycles. The van der Waals surface area contributed by atoms with E-state index in [0.29, 0.717) is 6.42 Å². The van der Waals surface area contributed by atoms with Gasteiger partial charge in [-0.25, -0.2) is 4.57 Å². The minimum atomic E-state index is -4.53. The summed E-state index contributed by atoms with van der Waals surface area (Å²) in [5.41, 5.74) is 0. The monoisotopic (exact) mass is 436 g/mol. The van der Waals surface area contributed by atoms with Crippen LogP contribution in [0.25, 0.3) is 0 Å². The molecular formula is C21H41O7P. The van der Waals surface area contributed by atoms with Crippen molar-refractivity contribution in [3.8, 4) is 0 Å². The summed E-state index contributed by atoms with van der Waals surface area (Å²) in [6, 6.07) is 0. The van der Waals surface area contributed by atoms with Gasteiger partial charge in [-0.1, -0.05) is 70.4 Å². The van der Waals surface area contributed by atoms with Crippen LogP contribution in [0.1, 0.15) is 96.8 Å². The summed E-state index contributed by atoms with van der Waals surface area (Å²) < 4.78 is 20.3. The molecule has 0 aliphatic carbocycles. The summed E-state index contributed by atoms with van der Waals surface area (Å²) in [5, 5.41) is 17.7. The predicted octanol–water partition coefficient (Wildman–Crippen LogP) is 5.04. The Hall–Kier alpha value is -0.720. The van der Waals surface area contributed by atoms with Crippen LogP contribution in [0.4, 0.5) is 0 Å². The van der Waals surface area contributed by atoms with Crippen molar-refractivity contribution in [2.45, 2.75) is 103 Å². The Labute approximate surface area is 176 Å². The fraction of sp³-hybridized carbons (Fsp3) is 0.857. The van der Waals surface area contributed by atoms with E-state index in [-0.39, 0.29) is 6.42 Å². The van der Waals surface area contributed by atoms with Crippen LogP contribution in [0.3, 0.4) is 0 Å². The minimum absolute atomic E-state index is 0.0502. The molecule has 0 amide bonds. The zero-order chi connectivity index (χ0) is 21.8. The van der Waals surface area contributed by atoms with Crippen molar-refractivity contribution < 1.29 is 33.5 Å². The van der Waals surface area contributed by atoms with Crippen molar-refractivity contribution in [2.75, 3.05) is 13.2 Å². The van der Waals surface area contributed by atoms with Crippen molar-refractivity contribution in [3.05, 3.63) is 12.2 Å². The Morgan fingerprint density at radius 3 is 2.00 bits per heavy atom. The van der Waals surface area contributed by atoms with Crippen molar-refractivity contribution >= 4 is 13.8 Å². The molecule has 0 fully saturated rings. The predicted molar refractivity (Wildman–Crippen MR) is 114 cm³/mol. The van der Waals surface area contributed by atoms with Crippen LogP contribution in [0.15, 0.2) is 12.2 Å². The molecule has 8 heteroatoms. The number of unbranched alkanes of at least 4 members (excludes halogenated alkanes) is 11. The molecule has 0 aromatic rings. The van der Waals surface area contributed by atoms with Gasteiger partial charge in [0.05, 0.1) is 13.2 Å². The molecule has 7 nitrogen and oxygen atoms in total. The second kappa shape index (κ2) is 19.3. The molecule has 0 radical (unpaired) electrons. The topological polar surface area (TPSA) is 113 Å². The van der Waals surface area contributed by atoms with Crippen molar-refractivity contribution in [1.82, 2.24) is 0 Å². The standard InChI is InChI=1S/C21H41O7P/c1-2-3-4-5-6-7-8-9-10-11-12-13-14-15-16-17-21(24)28-29(25,26)27-19-20(23)18-22/h9-10,20,22-23H,2-8,11-19H2,1H3,(H,25,26)/b10-9-/t20-/m1/s1. The van der Waals surface area contributed by atoms with Gasteiger partial charge >= 0.3 is 13.8 Å². The maximum absolute atomic E-state index is 11.6. The highest BCUT2D eigenvalue weighted by Gasteiger charge is 2.26. The number of aliphatic hydroxyl groups excluding tert-OH is 2. The van der Waals surface area contributed by atoms with Gasteiger partial charge in [0, 0.05) is 6.42 Å². The number of rotatable bonds is 20. The van der Waals surface area contributed by atoms with E-state index in [2.05, 4.69) is 28.1 Å². The second-order valence-corrected chi connectivity index (χ2v) is 8.78. The van der Waals surface area contributed by atoms with Crippen LogP contribution in [0.2, 0.25) is 0 Å². The minimum Gasteiger partial charge on any atom is -0.394 e. The molecule has 0 rings (SSSR count). The van der Waals surface area contributed by atoms with E-state index in [9.17, 15) is 14.3 Å². The van der Waals surface area contributed by atoms with Crippen LogP contribution in [0, 0.1) is 0 Å². The molecule has 0 bridgehead atoms. The molecule has 0 aromatic carbocycles. The lowest BCUT2D eigenvalue weighted by Crippen LogP contribution is -2.19. The number of hydrogen-bond donors (Lipinski definition) is 3. The summed E-state index contributed by atoms with van der Waals surface area (Å²) in [5.74, 6) is -0.799. The van der Waals surface area contributed by atoms with Crippen LogP contribution < -0.4 is 0 Å². The van der Waals surface area contributed by atoms with Gasteiger partial charge in [-0.3, -0.25) is 14.2 Å². The maximum Gasteiger partial charge on any atom is 0.529 e. The number of allylic oxidation sites excluding steroid dienone is 2. The summed E-state index contributed by atoms with van der Waals surface area (Å²) >= 11 is 0. The first-order valence-corrected chi connectivity index (χ1v) is 12.5. The Bertz CT molecular complexity index is 468. The summed E-state index contributed by atoms with van der Waals surface area (Å²) in [6.45, 7) is 1.05. The normalized spacial score (nSPS) is 14.8. The number of phosphoric acid groups is 1. The van der Waals surface area contributed by atoms with Gasteiger partial charge in [-0.05, 0) is 32.1 Å². The van der Waals surface area contributed by atoms with Gasteiger partial charge in [0.15, 0.2) is 0 Å². The SMILES string of the molecule is CCCCCCCC/C=C\CCCCCCCC(=O)OP(=O)(O)OC[C@H](O)CO. The average molecular weight is 437 g/mol. The van der Waals surface area contributed by atoms with E-state index in [4.69, 9.17) is 10.2 Å². The molecule has 0 aromatic heterocycles. The van der Waals surface area contributed by atoms with Crippen molar-refractivity contribution in [1.29, 1.82) is 0 Å². The molecule has 0 spiro atoms. The summed E-state index contributed by atoms with van der Waals surface area (Å²) in [4.78, 5) is 20.9. The summed E-state index contributed by atoms with van der Waals surface area (Å²) in [6.07, 6.45) is 18.2. The third kappa shape index (κ3) is 20.3. The smallest absolute Gasteiger partial charge is 0.394 e. The molecule has 0 saturated carbocycles. The van der Waals surface area contributed by atoms with Gasteiger partial charge in [-0.2, -0.15) is 0 Å². The zero-order valence-electron chi connectivity index (χ0n) is 18.0. The van der Waals surface area contributed by atoms with Gasteiger partial charge in [-0.15, -0.1) is 0 Å². The highest BCUT2D eigenvalue weighted by molar-refractivity contribution is 7.48. The van der Waals surface area contributed by atoms with Crippen LogP contribution in [0.5, 0.6) is 0 Å². The lowest BCUT2D eigenvalue weighted by Gasteiger charge is -2.13. The van der Waals surface area contributed by atoms with E-state index in [0.717, 1.165) is 32.1 Å². The second-order valence-electron chi connectivity index (χ2n) is 7.40. The maximum atomic E-state index is 11.6. The first-order valence-electron chi connectivity index (χ1n) is 11.0. The highest BCUT2D eigenvalue weighted by atomic mass is 31.2. The van der Waals surface area contributed by atoms with E-state index >= 15 is 0 Å². The molecule has 172 valence electrons. The first-order chi connectivity index (χ1) is 13.9.